The van der Waals surface area contributed by atoms with Gasteiger partial charge in [0.15, 0.2) is 23.3 Å². The zero-order valence-electron chi connectivity index (χ0n) is 6.74. The van der Waals surface area contributed by atoms with Gasteiger partial charge < -0.3 is 5.73 Å². The molecular weight excluding hydrogens is 195 g/mol. The van der Waals surface area contributed by atoms with Crippen LogP contribution in [0.4, 0.5) is 13.2 Å². The molecule has 0 radical (unpaired) electrons. The van der Waals surface area contributed by atoms with Crippen molar-refractivity contribution in [3.8, 4) is 0 Å². The van der Waals surface area contributed by atoms with Crippen molar-refractivity contribution >= 4 is 11.7 Å². The van der Waals surface area contributed by atoms with Crippen molar-refractivity contribution < 1.29 is 13.2 Å². The molecule has 1 aromatic carbocycles. The number of nitrogens with zero attached hydrogens (tertiary/aromatic N) is 1. The van der Waals surface area contributed by atoms with E-state index < -0.39 is 17.5 Å². The van der Waals surface area contributed by atoms with E-state index in [0.29, 0.717) is 6.07 Å². The van der Waals surface area contributed by atoms with Crippen molar-refractivity contribution in [3.63, 3.8) is 0 Å². The topological polar surface area (TPSA) is 62.2 Å². The Kier molecular flexibility index (Phi) is 1.60. The van der Waals surface area contributed by atoms with E-state index in [2.05, 4.69) is 4.99 Å². The molecule has 1 aliphatic rings. The highest BCUT2D eigenvalue weighted by atomic mass is 19.2. The highest BCUT2D eigenvalue weighted by molar-refractivity contribution is 6.20. The summed E-state index contributed by atoms with van der Waals surface area (Å²) in [6.45, 7) is 0. The minimum atomic E-state index is -1.60. The van der Waals surface area contributed by atoms with Gasteiger partial charge in [0, 0.05) is 5.56 Å². The first-order valence-electron chi connectivity index (χ1n) is 3.63. The minimum Gasteiger partial charge on any atom is -0.383 e. The summed E-state index contributed by atoms with van der Waals surface area (Å²) in [5, 5.41) is 7.20. The van der Waals surface area contributed by atoms with Gasteiger partial charge in [-0.15, -0.1) is 0 Å². The number of benzene rings is 1. The van der Waals surface area contributed by atoms with Gasteiger partial charge in [0.25, 0.3) is 0 Å². The molecule has 0 saturated heterocycles. The molecule has 3 N–H and O–H groups in total. The van der Waals surface area contributed by atoms with Crippen molar-refractivity contribution in [3.05, 3.63) is 34.6 Å². The summed E-state index contributed by atoms with van der Waals surface area (Å²) >= 11 is 0. The van der Waals surface area contributed by atoms with Crippen LogP contribution in [0.3, 0.4) is 0 Å². The highest BCUT2D eigenvalue weighted by Gasteiger charge is 2.27. The number of fused-ring (bicyclic) bond motifs is 1. The fraction of sp³-hybridized carbons (Fsp3) is 0. The van der Waals surface area contributed by atoms with Crippen LogP contribution in [0, 0.1) is 22.9 Å². The van der Waals surface area contributed by atoms with E-state index in [1.54, 1.807) is 0 Å². The third kappa shape index (κ3) is 0.935. The summed E-state index contributed by atoms with van der Waals surface area (Å²) in [6.07, 6.45) is 0. The Hall–Kier alpha value is -1.85. The number of hydrogen-bond donors (Lipinski definition) is 2. The van der Waals surface area contributed by atoms with Gasteiger partial charge in [-0.2, -0.15) is 0 Å². The molecule has 0 spiro atoms. The van der Waals surface area contributed by atoms with Gasteiger partial charge in [-0.3, -0.25) is 5.41 Å². The van der Waals surface area contributed by atoms with E-state index in [1.165, 1.54) is 0 Å². The monoisotopic (exact) mass is 199 g/mol. The molecule has 0 aliphatic carbocycles. The maximum atomic E-state index is 13.1. The van der Waals surface area contributed by atoms with Gasteiger partial charge in [0.1, 0.15) is 5.84 Å². The van der Waals surface area contributed by atoms with Crippen LogP contribution in [-0.4, -0.2) is 11.7 Å². The number of rotatable bonds is 0. The lowest BCUT2D eigenvalue weighted by Crippen LogP contribution is -2.14. The van der Waals surface area contributed by atoms with Crippen LogP contribution in [0.15, 0.2) is 11.1 Å². The van der Waals surface area contributed by atoms with Crippen LogP contribution in [0.5, 0.6) is 0 Å². The second-order valence-corrected chi connectivity index (χ2v) is 2.75. The van der Waals surface area contributed by atoms with E-state index in [-0.39, 0.29) is 22.8 Å². The van der Waals surface area contributed by atoms with E-state index >= 15 is 0 Å². The first kappa shape index (κ1) is 8.74. The number of amidine groups is 2. The smallest absolute Gasteiger partial charge is 0.195 e. The molecular formula is C8H4F3N3. The molecule has 2 rings (SSSR count). The van der Waals surface area contributed by atoms with Gasteiger partial charge in [-0.05, 0) is 6.07 Å². The van der Waals surface area contributed by atoms with E-state index in [1.807, 2.05) is 0 Å². The molecule has 0 aromatic heterocycles. The summed E-state index contributed by atoms with van der Waals surface area (Å²) in [7, 11) is 0. The van der Waals surface area contributed by atoms with Gasteiger partial charge in [0.05, 0.1) is 5.56 Å². The molecule has 0 unspecified atom stereocenters. The number of nitrogens with one attached hydrogen (secondary N) is 1. The molecule has 1 aromatic rings. The van der Waals surface area contributed by atoms with Gasteiger partial charge in [-0.25, -0.2) is 18.2 Å². The summed E-state index contributed by atoms with van der Waals surface area (Å²) in [5.41, 5.74) is 4.77. The standard InChI is InChI=1S/C8H4F3N3/c9-3-1-2-4(6(11)5(3)10)8(13)14-7(2)12/h1H,(H3,12,13,14). The van der Waals surface area contributed by atoms with E-state index in [0.717, 1.165) is 0 Å². The molecule has 0 saturated carbocycles. The van der Waals surface area contributed by atoms with Crippen LogP contribution in [0.25, 0.3) is 0 Å². The number of halogens is 3. The van der Waals surface area contributed by atoms with Gasteiger partial charge in [-0.1, -0.05) is 0 Å². The maximum Gasteiger partial charge on any atom is 0.195 e. The van der Waals surface area contributed by atoms with Crippen LogP contribution in [0.2, 0.25) is 0 Å². The molecule has 1 aliphatic heterocycles. The number of nitrogens with two attached hydrogens (primary N) is 1. The van der Waals surface area contributed by atoms with Gasteiger partial charge in [0.2, 0.25) is 0 Å². The van der Waals surface area contributed by atoms with Crippen LogP contribution in [-0.2, 0) is 0 Å². The fourth-order valence-corrected chi connectivity index (χ4v) is 1.27. The third-order valence-corrected chi connectivity index (χ3v) is 1.91. The summed E-state index contributed by atoms with van der Waals surface area (Å²) < 4.78 is 38.6. The Morgan fingerprint density at radius 3 is 2.50 bits per heavy atom. The zero-order chi connectivity index (χ0) is 10.5. The second-order valence-electron chi connectivity index (χ2n) is 2.75. The molecule has 0 atom stereocenters. The molecule has 1 heterocycles. The maximum absolute atomic E-state index is 13.1. The predicted molar refractivity (Wildman–Crippen MR) is 43.9 cm³/mol. The Morgan fingerprint density at radius 1 is 1.21 bits per heavy atom. The Balaban J connectivity index is 2.83. The SMILES string of the molecule is N=C1N=C(N)c2c1cc(F)c(F)c2F. The average molecular weight is 199 g/mol. The largest absolute Gasteiger partial charge is 0.383 e. The van der Waals surface area contributed by atoms with Crippen molar-refractivity contribution in [1.29, 1.82) is 5.41 Å². The van der Waals surface area contributed by atoms with Crippen LogP contribution >= 0.6 is 0 Å². The fourth-order valence-electron chi connectivity index (χ4n) is 1.27. The lowest BCUT2D eigenvalue weighted by Gasteiger charge is -2.02. The number of hydrogen-bond acceptors (Lipinski definition) is 2. The third-order valence-electron chi connectivity index (χ3n) is 1.91. The van der Waals surface area contributed by atoms with Crippen LogP contribution < -0.4 is 5.73 Å². The van der Waals surface area contributed by atoms with Gasteiger partial charge >= 0.3 is 0 Å². The normalized spacial score (nSPS) is 14.2. The summed E-state index contributed by atoms with van der Waals surface area (Å²) in [4.78, 5) is 3.40. The summed E-state index contributed by atoms with van der Waals surface area (Å²) in [5.74, 6) is -5.02. The average Bonchev–Trinajstić information content (AvgIpc) is 2.38. The van der Waals surface area contributed by atoms with Crippen molar-refractivity contribution in [1.82, 2.24) is 0 Å². The molecule has 0 fully saturated rings. The highest BCUT2D eigenvalue weighted by Crippen LogP contribution is 2.24. The molecule has 3 nitrogen and oxygen atoms in total. The summed E-state index contributed by atoms with van der Waals surface area (Å²) in [6, 6.07) is 0.708. The molecule has 72 valence electrons. The van der Waals surface area contributed by atoms with Crippen molar-refractivity contribution in [2.75, 3.05) is 0 Å². The van der Waals surface area contributed by atoms with E-state index in [9.17, 15) is 13.2 Å². The lowest BCUT2D eigenvalue weighted by molar-refractivity contribution is 0.446. The van der Waals surface area contributed by atoms with Crippen LogP contribution in [0.1, 0.15) is 11.1 Å². The molecule has 14 heavy (non-hydrogen) atoms. The Morgan fingerprint density at radius 2 is 1.86 bits per heavy atom. The number of aliphatic imine (C=N–C) groups is 1. The predicted octanol–water partition coefficient (Wildman–Crippen LogP) is 1.15. The second kappa shape index (κ2) is 2.57. The molecule has 0 bridgehead atoms. The van der Waals surface area contributed by atoms with E-state index in [4.69, 9.17) is 11.1 Å². The Labute approximate surface area is 76.6 Å². The lowest BCUT2D eigenvalue weighted by atomic mass is 10.1. The molecule has 0 amide bonds. The van der Waals surface area contributed by atoms with Crippen molar-refractivity contribution in [2.24, 2.45) is 10.7 Å². The quantitative estimate of drug-likeness (QED) is 0.605. The minimum absolute atomic E-state index is 0.126. The first-order chi connectivity index (χ1) is 6.52. The Bertz CT molecular complexity index is 479. The zero-order valence-corrected chi connectivity index (χ0v) is 6.74. The van der Waals surface area contributed by atoms with Crippen molar-refractivity contribution in [2.45, 2.75) is 0 Å². The first-order valence-corrected chi connectivity index (χ1v) is 3.63. The molecule has 6 heteroatoms.